The van der Waals surface area contributed by atoms with Gasteiger partial charge in [0, 0.05) is 0 Å². The van der Waals surface area contributed by atoms with Crippen LogP contribution in [-0.4, -0.2) is 21.0 Å². The number of benzene rings is 1. The van der Waals surface area contributed by atoms with Crippen LogP contribution in [0.5, 0.6) is 0 Å². The monoisotopic (exact) mass is 276 g/mol. The van der Waals surface area contributed by atoms with Crippen molar-refractivity contribution >= 4 is 22.6 Å². The number of fused-ring (bicyclic) bond motifs is 1. The summed E-state index contributed by atoms with van der Waals surface area (Å²) in [4.78, 5) is 25.0. The van der Waals surface area contributed by atoms with Crippen molar-refractivity contribution in [2.75, 3.05) is 0 Å². The summed E-state index contributed by atoms with van der Waals surface area (Å²) < 4.78 is 0. The average molecular weight is 276 g/mol. The van der Waals surface area contributed by atoms with Crippen molar-refractivity contribution in [3.05, 3.63) is 40.1 Å². The lowest BCUT2D eigenvalue weighted by molar-refractivity contribution is -0.383. The number of hydrogen-bond acceptors (Lipinski definition) is 3. The summed E-state index contributed by atoms with van der Waals surface area (Å²) in [6.07, 6.45) is 1.30. The average Bonchev–Trinajstić information content (AvgIpc) is 2.71. The number of aromatic nitrogens is 1. The van der Waals surface area contributed by atoms with Gasteiger partial charge in [-0.15, -0.1) is 0 Å². The second-order valence-corrected chi connectivity index (χ2v) is 5.84. The summed E-state index contributed by atoms with van der Waals surface area (Å²) in [5.41, 5.74) is 0.400. The summed E-state index contributed by atoms with van der Waals surface area (Å²) in [5.74, 6) is -1.80. The molecule has 0 bridgehead atoms. The fourth-order valence-electron chi connectivity index (χ4n) is 2.55. The van der Waals surface area contributed by atoms with Gasteiger partial charge in [-0.05, 0) is 17.0 Å². The molecule has 1 atom stereocenters. The minimum atomic E-state index is -0.986. The van der Waals surface area contributed by atoms with Crippen LogP contribution in [0.15, 0.2) is 24.4 Å². The summed E-state index contributed by atoms with van der Waals surface area (Å²) in [7, 11) is 0. The predicted molar refractivity (Wildman–Crippen MR) is 74.8 cm³/mol. The van der Waals surface area contributed by atoms with E-state index in [9.17, 15) is 20.0 Å². The van der Waals surface area contributed by atoms with Crippen LogP contribution in [-0.2, 0) is 4.79 Å². The number of hydrogen-bond donors (Lipinski definition) is 2. The molecule has 0 aliphatic heterocycles. The number of aliphatic carboxylic acids is 1. The van der Waals surface area contributed by atoms with E-state index in [4.69, 9.17) is 0 Å². The zero-order chi connectivity index (χ0) is 15.1. The molecule has 2 N–H and O–H groups in total. The van der Waals surface area contributed by atoms with E-state index < -0.39 is 22.2 Å². The highest BCUT2D eigenvalue weighted by Crippen LogP contribution is 2.41. The second-order valence-electron chi connectivity index (χ2n) is 5.84. The number of aromatic amines is 1. The van der Waals surface area contributed by atoms with Crippen LogP contribution in [0.3, 0.4) is 0 Å². The molecular formula is C14H16N2O4. The van der Waals surface area contributed by atoms with Crippen molar-refractivity contribution in [3.63, 3.8) is 0 Å². The lowest BCUT2D eigenvalue weighted by Gasteiger charge is -2.27. The summed E-state index contributed by atoms with van der Waals surface area (Å²) in [5, 5.41) is 21.0. The number of nitrogens with zero attached hydrogens (tertiary/aromatic N) is 1. The van der Waals surface area contributed by atoms with Crippen LogP contribution in [0.1, 0.15) is 32.3 Å². The van der Waals surface area contributed by atoms with E-state index >= 15 is 0 Å². The Kier molecular flexibility index (Phi) is 3.25. The Morgan fingerprint density at radius 3 is 2.55 bits per heavy atom. The van der Waals surface area contributed by atoms with Gasteiger partial charge in [-0.25, -0.2) is 0 Å². The SMILES string of the molecule is CC(C)(C)C(C(=O)O)c1cccc2[nH]cc([N+](=O)[O-])c12. The fraction of sp³-hybridized carbons (Fsp3) is 0.357. The smallest absolute Gasteiger partial charge is 0.311 e. The molecule has 6 nitrogen and oxygen atoms in total. The largest absolute Gasteiger partial charge is 0.481 e. The van der Waals surface area contributed by atoms with Gasteiger partial charge in [-0.1, -0.05) is 32.9 Å². The highest BCUT2D eigenvalue weighted by molar-refractivity contribution is 5.95. The molecule has 1 aromatic carbocycles. The Balaban J connectivity index is 2.79. The summed E-state index contributed by atoms with van der Waals surface area (Å²) in [6, 6.07) is 5.06. The third-order valence-electron chi connectivity index (χ3n) is 3.34. The van der Waals surface area contributed by atoms with Crippen LogP contribution in [0, 0.1) is 15.5 Å². The van der Waals surface area contributed by atoms with E-state index in [0.717, 1.165) is 0 Å². The Morgan fingerprint density at radius 1 is 1.40 bits per heavy atom. The van der Waals surface area contributed by atoms with Crippen LogP contribution in [0.2, 0.25) is 0 Å². The van der Waals surface area contributed by atoms with Gasteiger partial charge in [-0.3, -0.25) is 14.9 Å². The maximum absolute atomic E-state index is 11.6. The molecule has 106 valence electrons. The molecule has 0 aliphatic carbocycles. The van der Waals surface area contributed by atoms with Gasteiger partial charge < -0.3 is 10.1 Å². The van der Waals surface area contributed by atoms with Gasteiger partial charge in [0.05, 0.1) is 27.9 Å². The second kappa shape index (κ2) is 4.63. The van der Waals surface area contributed by atoms with Gasteiger partial charge in [0.1, 0.15) is 0 Å². The maximum atomic E-state index is 11.6. The molecule has 20 heavy (non-hydrogen) atoms. The molecule has 2 rings (SSSR count). The van der Waals surface area contributed by atoms with E-state index in [1.165, 1.54) is 6.20 Å². The molecule has 1 heterocycles. The van der Waals surface area contributed by atoms with Crippen molar-refractivity contribution in [2.24, 2.45) is 5.41 Å². The highest BCUT2D eigenvalue weighted by atomic mass is 16.6. The normalized spacial score (nSPS) is 13.3. The lowest BCUT2D eigenvalue weighted by atomic mass is 9.75. The van der Waals surface area contributed by atoms with E-state index in [-0.39, 0.29) is 5.69 Å². The van der Waals surface area contributed by atoms with E-state index in [0.29, 0.717) is 16.5 Å². The molecule has 6 heteroatoms. The van der Waals surface area contributed by atoms with Crippen molar-refractivity contribution in [1.82, 2.24) is 4.98 Å². The van der Waals surface area contributed by atoms with E-state index in [2.05, 4.69) is 4.98 Å². The zero-order valence-electron chi connectivity index (χ0n) is 11.5. The van der Waals surface area contributed by atoms with Gasteiger partial charge >= 0.3 is 5.97 Å². The quantitative estimate of drug-likeness (QED) is 0.664. The van der Waals surface area contributed by atoms with Crippen molar-refractivity contribution < 1.29 is 14.8 Å². The molecule has 0 saturated carbocycles. The van der Waals surface area contributed by atoms with Crippen molar-refractivity contribution in [2.45, 2.75) is 26.7 Å². The fourth-order valence-corrected chi connectivity index (χ4v) is 2.55. The molecule has 1 unspecified atom stereocenters. The zero-order valence-corrected chi connectivity index (χ0v) is 11.5. The summed E-state index contributed by atoms with van der Waals surface area (Å²) in [6.45, 7) is 5.43. The minimum Gasteiger partial charge on any atom is -0.481 e. The standard InChI is InChI=1S/C14H16N2O4/c1-14(2,3)12(13(17)18)8-5-4-6-9-11(8)10(7-15-9)16(19)20/h4-7,12,15H,1-3H3,(H,17,18). The molecule has 0 radical (unpaired) electrons. The Bertz CT molecular complexity index is 682. The molecule has 2 aromatic rings. The van der Waals surface area contributed by atoms with Gasteiger partial charge in [0.15, 0.2) is 0 Å². The van der Waals surface area contributed by atoms with Crippen LogP contribution >= 0.6 is 0 Å². The number of carboxylic acids is 1. The molecule has 0 amide bonds. The van der Waals surface area contributed by atoms with Gasteiger partial charge in [0.2, 0.25) is 0 Å². The molecule has 0 spiro atoms. The van der Waals surface area contributed by atoms with Crippen LogP contribution in [0.4, 0.5) is 5.69 Å². The number of nitrogens with one attached hydrogen (secondary N) is 1. The van der Waals surface area contributed by atoms with Crippen molar-refractivity contribution in [3.8, 4) is 0 Å². The third-order valence-corrected chi connectivity index (χ3v) is 3.34. The molecule has 0 saturated heterocycles. The van der Waals surface area contributed by atoms with Crippen LogP contribution < -0.4 is 0 Å². The first-order valence-corrected chi connectivity index (χ1v) is 6.20. The third kappa shape index (κ3) is 2.24. The molecule has 1 aromatic heterocycles. The minimum absolute atomic E-state index is 0.0916. The predicted octanol–water partition coefficient (Wildman–Crippen LogP) is 3.29. The number of rotatable bonds is 3. The lowest BCUT2D eigenvalue weighted by Crippen LogP contribution is -2.26. The van der Waals surface area contributed by atoms with E-state index in [1.807, 2.05) is 20.8 Å². The number of nitro groups is 1. The Hall–Kier alpha value is -2.37. The van der Waals surface area contributed by atoms with Crippen molar-refractivity contribution in [1.29, 1.82) is 0 Å². The summed E-state index contributed by atoms with van der Waals surface area (Å²) >= 11 is 0. The van der Waals surface area contributed by atoms with Gasteiger partial charge in [0.25, 0.3) is 5.69 Å². The Labute approximate surface area is 115 Å². The highest BCUT2D eigenvalue weighted by Gasteiger charge is 2.35. The Morgan fingerprint density at radius 2 is 2.05 bits per heavy atom. The van der Waals surface area contributed by atoms with E-state index in [1.54, 1.807) is 18.2 Å². The number of carboxylic acid groups (broad SMARTS) is 1. The number of carbonyl (C=O) groups is 1. The maximum Gasteiger partial charge on any atom is 0.311 e. The molecular weight excluding hydrogens is 260 g/mol. The first kappa shape index (κ1) is 14.0. The molecule has 0 fully saturated rings. The van der Waals surface area contributed by atoms with Gasteiger partial charge in [-0.2, -0.15) is 0 Å². The first-order chi connectivity index (χ1) is 9.23. The number of H-pyrrole nitrogens is 1. The van der Waals surface area contributed by atoms with Crippen LogP contribution in [0.25, 0.3) is 10.9 Å². The topological polar surface area (TPSA) is 96.2 Å². The first-order valence-electron chi connectivity index (χ1n) is 6.20. The molecule has 0 aliphatic rings.